The molecule has 1 fully saturated rings. The minimum Gasteiger partial charge on any atom is -0.342 e. The molecule has 1 aromatic carbocycles. The van der Waals surface area contributed by atoms with Crippen LogP contribution >= 0.6 is 0 Å². The Morgan fingerprint density at radius 3 is 2.96 bits per heavy atom. The van der Waals surface area contributed by atoms with E-state index in [1.165, 1.54) is 5.56 Å². The second-order valence-corrected chi connectivity index (χ2v) is 7.05. The van der Waals surface area contributed by atoms with E-state index in [4.69, 9.17) is 4.98 Å². The Bertz CT molecular complexity index is 946. The van der Waals surface area contributed by atoms with Gasteiger partial charge in [0.25, 0.3) is 0 Å². The smallest absolute Gasteiger partial charge is 0.227 e. The number of imidazole rings is 1. The van der Waals surface area contributed by atoms with Gasteiger partial charge in [-0.25, -0.2) is 9.97 Å². The minimum absolute atomic E-state index is 0.204. The van der Waals surface area contributed by atoms with Gasteiger partial charge >= 0.3 is 0 Å². The van der Waals surface area contributed by atoms with E-state index >= 15 is 0 Å². The molecule has 0 N–H and O–H groups in total. The standard InChI is InChI=1S/C21H24N4O/c1-3-25-20(23-18-8-5-10-22-21(18)25)17-9-11-24(14-17)19(26)13-16-7-4-6-15(2)12-16/h4-8,10,12,17H,3,9,11,13-14H2,1-2H3/t17-/m0/s1. The first kappa shape index (κ1) is 16.8. The minimum atomic E-state index is 0.204. The molecule has 2 aromatic heterocycles. The maximum absolute atomic E-state index is 12.7. The fourth-order valence-electron chi connectivity index (χ4n) is 3.91. The first-order valence-corrected chi connectivity index (χ1v) is 9.30. The molecule has 0 radical (unpaired) electrons. The van der Waals surface area contributed by atoms with Crippen molar-refractivity contribution >= 4 is 17.1 Å². The van der Waals surface area contributed by atoms with Crippen LogP contribution < -0.4 is 0 Å². The number of pyridine rings is 1. The Labute approximate surface area is 153 Å². The van der Waals surface area contributed by atoms with E-state index in [1.807, 2.05) is 35.4 Å². The molecule has 0 saturated carbocycles. The van der Waals surface area contributed by atoms with Crippen molar-refractivity contribution in [2.45, 2.75) is 39.2 Å². The quantitative estimate of drug-likeness (QED) is 0.727. The van der Waals surface area contributed by atoms with E-state index in [2.05, 4.69) is 35.5 Å². The topological polar surface area (TPSA) is 51.0 Å². The van der Waals surface area contributed by atoms with Crippen LogP contribution in [0.2, 0.25) is 0 Å². The average molecular weight is 348 g/mol. The molecule has 1 atom stereocenters. The number of aromatic nitrogens is 3. The number of amides is 1. The van der Waals surface area contributed by atoms with Gasteiger partial charge in [-0.1, -0.05) is 29.8 Å². The van der Waals surface area contributed by atoms with Gasteiger partial charge in [0, 0.05) is 31.7 Å². The summed E-state index contributed by atoms with van der Waals surface area (Å²) in [5.41, 5.74) is 4.16. The molecule has 1 amide bonds. The second-order valence-electron chi connectivity index (χ2n) is 7.05. The van der Waals surface area contributed by atoms with Crippen molar-refractivity contribution in [1.29, 1.82) is 0 Å². The molecular weight excluding hydrogens is 324 g/mol. The summed E-state index contributed by atoms with van der Waals surface area (Å²) in [6.45, 7) is 6.57. The number of aryl methyl sites for hydroxylation is 2. The summed E-state index contributed by atoms with van der Waals surface area (Å²) in [4.78, 5) is 24.0. The van der Waals surface area contributed by atoms with Gasteiger partial charge in [0.2, 0.25) is 5.91 Å². The number of carbonyl (C=O) groups is 1. The Morgan fingerprint density at radius 1 is 1.27 bits per heavy atom. The summed E-state index contributed by atoms with van der Waals surface area (Å²) in [6, 6.07) is 12.1. The predicted molar refractivity (Wildman–Crippen MR) is 102 cm³/mol. The van der Waals surface area contributed by atoms with Crippen molar-refractivity contribution in [1.82, 2.24) is 19.4 Å². The van der Waals surface area contributed by atoms with Crippen LogP contribution in [-0.2, 0) is 17.8 Å². The molecule has 0 unspecified atom stereocenters. The van der Waals surface area contributed by atoms with Gasteiger partial charge in [-0.2, -0.15) is 0 Å². The van der Waals surface area contributed by atoms with Crippen molar-refractivity contribution in [3.05, 3.63) is 59.5 Å². The lowest BCUT2D eigenvalue weighted by atomic mass is 10.1. The van der Waals surface area contributed by atoms with Gasteiger partial charge in [0.1, 0.15) is 11.3 Å². The second kappa shape index (κ2) is 6.90. The van der Waals surface area contributed by atoms with Crippen LogP contribution in [0.1, 0.15) is 36.2 Å². The SMILES string of the molecule is CCn1c([C@H]2CCN(C(=O)Cc3cccc(C)c3)C2)nc2cccnc21. The van der Waals surface area contributed by atoms with Crippen LogP contribution in [0, 0.1) is 6.92 Å². The maximum atomic E-state index is 12.7. The number of likely N-dealkylation sites (tertiary alicyclic amines) is 1. The first-order valence-electron chi connectivity index (χ1n) is 9.30. The van der Waals surface area contributed by atoms with E-state index in [9.17, 15) is 4.79 Å². The normalized spacial score (nSPS) is 17.2. The number of hydrogen-bond acceptors (Lipinski definition) is 3. The Balaban J connectivity index is 1.51. The molecule has 0 aliphatic carbocycles. The van der Waals surface area contributed by atoms with Crippen LogP contribution in [0.3, 0.4) is 0 Å². The highest BCUT2D eigenvalue weighted by Gasteiger charge is 2.30. The first-order chi connectivity index (χ1) is 12.7. The number of fused-ring (bicyclic) bond motifs is 1. The molecule has 5 heteroatoms. The summed E-state index contributed by atoms with van der Waals surface area (Å²) >= 11 is 0. The molecule has 0 spiro atoms. The third-order valence-electron chi connectivity index (χ3n) is 5.19. The highest BCUT2D eigenvalue weighted by molar-refractivity contribution is 5.79. The van der Waals surface area contributed by atoms with Gasteiger partial charge in [0.05, 0.1) is 6.42 Å². The largest absolute Gasteiger partial charge is 0.342 e. The van der Waals surface area contributed by atoms with E-state index in [0.717, 1.165) is 48.6 Å². The van der Waals surface area contributed by atoms with Crippen LogP contribution in [0.25, 0.3) is 11.2 Å². The van der Waals surface area contributed by atoms with E-state index < -0.39 is 0 Å². The molecular formula is C21H24N4O. The highest BCUT2D eigenvalue weighted by Crippen LogP contribution is 2.29. The number of benzene rings is 1. The van der Waals surface area contributed by atoms with Crippen LogP contribution in [0.5, 0.6) is 0 Å². The van der Waals surface area contributed by atoms with Crippen molar-refractivity contribution in [3.8, 4) is 0 Å². The summed E-state index contributed by atoms with van der Waals surface area (Å²) in [7, 11) is 0. The lowest BCUT2D eigenvalue weighted by molar-refractivity contribution is -0.129. The van der Waals surface area contributed by atoms with Gasteiger partial charge in [-0.05, 0) is 38.0 Å². The Hall–Kier alpha value is -2.69. The third-order valence-corrected chi connectivity index (χ3v) is 5.19. The lowest BCUT2D eigenvalue weighted by Gasteiger charge is -2.17. The summed E-state index contributed by atoms with van der Waals surface area (Å²) in [6.07, 6.45) is 3.25. The lowest BCUT2D eigenvalue weighted by Crippen LogP contribution is -2.30. The summed E-state index contributed by atoms with van der Waals surface area (Å²) in [5.74, 6) is 1.55. The van der Waals surface area contributed by atoms with E-state index in [-0.39, 0.29) is 11.8 Å². The monoisotopic (exact) mass is 348 g/mol. The van der Waals surface area contributed by atoms with Crippen LogP contribution in [-0.4, -0.2) is 38.4 Å². The van der Waals surface area contributed by atoms with Gasteiger partial charge in [-0.3, -0.25) is 4.79 Å². The number of nitrogens with zero attached hydrogens (tertiary/aromatic N) is 4. The summed E-state index contributed by atoms with van der Waals surface area (Å²) < 4.78 is 2.19. The van der Waals surface area contributed by atoms with Gasteiger partial charge in [-0.15, -0.1) is 0 Å². The van der Waals surface area contributed by atoms with E-state index in [1.54, 1.807) is 0 Å². The van der Waals surface area contributed by atoms with E-state index in [0.29, 0.717) is 6.42 Å². The van der Waals surface area contributed by atoms with Crippen LogP contribution in [0.4, 0.5) is 0 Å². The van der Waals surface area contributed by atoms with Crippen molar-refractivity contribution in [2.75, 3.05) is 13.1 Å². The zero-order valence-electron chi connectivity index (χ0n) is 15.4. The highest BCUT2D eigenvalue weighted by atomic mass is 16.2. The summed E-state index contributed by atoms with van der Waals surface area (Å²) in [5, 5.41) is 0. The number of carbonyl (C=O) groups excluding carboxylic acids is 1. The molecule has 3 aromatic rings. The van der Waals surface area contributed by atoms with Crippen LogP contribution in [0.15, 0.2) is 42.6 Å². The molecule has 1 aliphatic rings. The Kier molecular flexibility index (Phi) is 4.45. The fraction of sp³-hybridized carbons (Fsp3) is 0.381. The molecule has 3 heterocycles. The fourth-order valence-corrected chi connectivity index (χ4v) is 3.91. The molecule has 5 nitrogen and oxygen atoms in total. The third kappa shape index (κ3) is 3.09. The predicted octanol–water partition coefficient (Wildman–Crippen LogP) is 3.32. The maximum Gasteiger partial charge on any atom is 0.227 e. The molecule has 0 bridgehead atoms. The molecule has 26 heavy (non-hydrogen) atoms. The molecule has 4 rings (SSSR count). The van der Waals surface area contributed by atoms with Crippen molar-refractivity contribution in [3.63, 3.8) is 0 Å². The van der Waals surface area contributed by atoms with Gasteiger partial charge in [0.15, 0.2) is 5.65 Å². The van der Waals surface area contributed by atoms with Crippen molar-refractivity contribution in [2.24, 2.45) is 0 Å². The van der Waals surface area contributed by atoms with Gasteiger partial charge < -0.3 is 9.47 Å². The molecule has 1 saturated heterocycles. The van der Waals surface area contributed by atoms with Crippen molar-refractivity contribution < 1.29 is 4.79 Å². The zero-order chi connectivity index (χ0) is 18.1. The average Bonchev–Trinajstić information content (AvgIpc) is 3.26. The zero-order valence-corrected chi connectivity index (χ0v) is 15.4. The molecule has 1 aliphatic heterocycles. The number of rotatable bonds is 4. The Morgan fingerprint density at radius 2 is 2.15 bits per heavy atom. The number of hydrogen-bond donors (Lipinski definition) is 0. The molecule has 134 valence electrons.